The molecule has 0 aromatic heterocycles. The van der Waals surface area contributed by atoms with Crippen LogP contribution in [0.5, 0.6) is 0 Å². The third-order valence-corrected chi connectivity index (χ3v) is 2.13. The van der Waals surface area contributed by atoms with Crippen LogP contribution in [0.4, 0.5) is 4.79 Å². The van der Waals surface area contributed by atoms with Gasteiger partial charge in [0, 0.05) is 25.2 Å². The molecule has 4 amide bonds. The Morgan fingerprint density at radius 1 is 1.29 bits per heavy atom. The number of hydrogen-bond acceptors (Lipinski definition) is 4. The fraction of sp³-hybridized carbons (Fsp3) is 0.333. The Hall–Kier alpha value is -2.38. The lowest BCUT2D eigenvalue weighted by molar-refractivity contribution is -0.137. The Morgan fingerprint density at radius 2 is 1.82 bits per heavy atom. The minimum atomic E-state index is -1.22. The predicted octanol–water partition coefficient (Wildman–Crippen LogP) is -1.62. The van der Waals surface area contributed by atoms with Gasteiger partial charge in [-0.1, -0.05) is 0 Å². The third kappa shape index (κ3) is 3.30. The Kier molecular flexibility index (Phi) is 3.81. The van der Waals surface area contributed by atoms with Crippen molar-refractivity contribution in [3.63, 3.8) is 0 Å². The van der Waals surface area contributed by atoms with Crippen LogP contribution in [0, 0.1) is 0 Å². The summed E-state index contributed by atoms with van der Waals surface area (Å²) in [4.78, 5) is 45.4. The zero-order chi connectivity index (χ0) is 13.0. The number of hydrogen-bond donors (Lipinski definition) is 2. The van der Waals surface area contributed by atoms with Crippen molar-refractivity contribution < 1.29 is 24.3 Å². The summed E-state index contributed by atoms with van der Waals surface area (Å²) in [7, 11) is 0. The molecule has 0 aromatic rings. The highest BCUT2D eigenvalue weighted by atomic mass is 16.4. The van der Waals surface area contributed by atoms with Crippen LogP contribution >= 0.6 is 0 Å². The molecule has 0 fully saturated rings. The number of urea groups is 1. The lowest BCUT2D eigenvalue weighted by Gasteiger charge is -2.21. The van der Waals surface area contributed by atoms with Gasteiger partial charge in [0.25, 0.3) is 11.8 Å². The molecule has 1 aliphatic rings. The minimum Gasteiger partial charge on any atom is -0.480 e. The summed E-state index contributed by atoms with van der Waals surface area (Å²) in [6.45, 7) is -0.763. The fourth-order valence-corrected chi connectivity index (χ4v) is 1.30. The van der Waals surface area contributed by atoms with Gasteiger partial charge in [0.15, 0.2) is 0 Å². The lowest BCUT2D eigenvalue weighted by Crippen LogP contribution is -2.45. The van der Waals surface area contributed by atoms with E-state index in [0.29, 0.717) is 0 Å². The molecule has 3 N–H and O–H groups in total. The molecule has 0 unspecified atom stereocenters. The fourth-order valence-electron chi connectivity index (χ4n) is 1.30. The number of amides is 4. The highest BCUT2D eigenvalue weighted by molar-refractivity contribution is 6.12. The van der Waals surface area contributed by atoms with Crippen LogP contribution < -0.4 is 5.73 Å². The average molecular weight is 241 g/mol. The second kappa shape index (κ2) is 5.10. The Bertz CT molecular complexity index is 385. The SMILES string of the molecule is NC(=O)N(CCN1C(=O)C=CC1=O)CC(=O)O. The average Bonchev–Trinajstić information content (AvgIpc) is 2.53. The third-order valence-electron chi connectivity index (χ3n) is 2.13. The van der Waals surface area contributed by atoms with Crippen molar-refractivity contribution in [1.29, 1.82) is 0 Å². The van der Waals surface area contributed by atoms with Crippen molar-refractivity contribution in [2.75, 3.05) is 19.6 Å². The molecule has 0 aromatic carbocycles. The molecular weight excluding hydrogens is 230 g/mol. The van der Waals surface area contributed by atoms with E-state index in [2.05, 4.69) is 0 Å². The number of nitrogens with two attached hydrogens (primary N) is 1. The molecule has 0 aliphatic carbocycles. The van der Waals surface area contributed by atoms with E-state index in [1.54, 1.807) is 0 Å². The van der Waals surface area contributed by atoms with Gasteiger partial charge >= 0.3 is 12.0 Å². The summed E-state index contributed by atoms with van der Waals surface area (Å²) in [5, 5.41) is 8.52. The molecule has 17 heavy (non-hydrogen) atoms. The first kappa shape index (κ1) is 12.7. The summed E-state index contributed by atoms with van der Waals surface area (Å²) in [5.41, 5.74) is 4.96. The number of carboxylic acid groups (broad SMARTS) is 1. The van der Waals surface area contributed by atoms with Gasteiger partial charge in [-0.15, -0.1) is 0 Å². The van der Waals surface area contributed by atoms with Crippen LogP contribution in [0.3, 0.4) is 0 Å². The molecule has 92 valence electrons. The molecule has 0 atom stereocenters. The summed E-state index contributed by atoms with van der Waals surface area (Å²) in [6.07, 6.45) is 2.21. The molecule has 1 heterocycles. The smallest absolute Gasteiger partial charge is 0.323 e. The summed E-state index contributed by atoms with van der Waals surface area (Å²) in [6, 6.07) is -0.917. The second-order valence-electron chi connectivity index (χ2n) is 3.31. The van der Waals surface area contributed by atoms with Crippen LogP contribution in [-0.4, -0.2) is 58.4 Å². The number of carboxylic acids is 1. The van der Waals surface area contributed by atoms with Gasteiger partial charge in [-0.25, -0.2) is 4.79 Å². The monoisotopic (exact) mass is 241 g/mol. The van der Waals surface area contributed by atoms with Crippen molar-refractivity contribution in [3.8, 4) is 0 Å². The molecule has 0 radical (unpaired) electrons. The second-order valence-corrected chi connectivity index (χ2v) is 3.31. The van der Waals surface area contributed by atoms with Crippen LogP contribution in [0.25, 0.3) is 0 Å². The van der Waals surface area contributed by atoms with Gasteiger partial charge in [0.2, 0.25) is 0 Å². The number of imide groups is 1. The zero-order valence-electron chi connectivity index (χ0n) is 8.83. The maximum Gasteiger partial charge on any atom is 0.323 e. The maximum absolute atomic E-state index is 11.2. The van der Waals surface area contributed by atoms with E-state index in [4.69, 9.17) is 10.8 Å². The number of aliphatic carboxylic acids is 1. The molecule has 0 spiro atoms. The molecule has 8 nitrogen and oxygen atoms in total. The van der Waals surface area contributed by atoms with E-state index >= 15 is 0 Å². The highest BCUT2D eigenvalue weighted by Gasteiger charge is 2.24. The number of rotatable bonds is 5. The summed E-state index contributed by atoms with van der Waals surface area (Å²) >= 11 is 0. The van der Waals surface area contributed by atoms with Crippen molar-refractivity contribution in [1.82, 2.24) is 9.80 Å². The summed E-state index contributed by atoms with van der Waals surface area (Å²) in [5.74, 6) is -2.20. The Morgan fingerprint density at radius 3 is 2.24 bits per heavy atom. The van der Waals surface area contributed by atoms with Crippen molar-refractivity contribution >= 4 is 23.8 Å². The van der Waals surface area contributed by atoms with Crippen molar-refractivity contribution in [2.45, 2.75) is 0 Å². The number of carbonyl (C=O) groups is 4. The molecule has 1 aliphatic heterocycles. The van der Waals surface area contributed by atoms with E-state index in [9.17, 15) is 19.2 Å². The van der Waals surface area contributed by atoms with E-state index < -0.39 is 30.4 Å². The number of carbonyl (C=O) groups excluding carboxylic acids is 3. The Labute approximate surface area is 96.3 Å². The van der Waals surface area contributed by atoms with Crippen LogP contribution in [0.2, 0.25) is 0 Å². The van der Waals surface area contributed by atoms with Gasteiger partial charge in [-0.3, -0.25) is 19.3 Å². The molecule has 0 saturated heterocycles. The quantitative estimate of drug-likeness (QED) is 0.560. The molecule has 1 rings (SSSR count). The standard InChI is InChI=1S/C9H11N3O5/c10-9(17)11(5-8(15)16)3-4-12-6(13)1-2-7(12)14/h1-2H,3-5H2,(H2,10,17)(H,15,16). The van der Waals surface area contributed by atoms with E-state index in [1.807, 2.05) is 0 Å². The predicted molar refractivity (Wildman–Crippen MR) is 54.7 cm³/mol. The lowest BCUT2D eigenvalue weighted by atomic mass is 10.4. The topological polar surface area (TPSA) is 121 Å². The van der Waals surface area contributed by atoms with E-state index in [0.717, 1.165) is 22.0 Å². The van der Waals surface area contributed by atoms with Gasteiger partial charge in [-0.05, 0) is 0 Å². The Balaban J connectivity index is 2.52. The first-order valence-electron chi connectivity index (χ1n) is 4.71. The largest absolute Gasteiger partial charge is 0.480 e. The van der Waals surface area contributed by atoms with Crippen molar-refractivity contribution in [2.24, 2.45) is 5.73 Å². The number of primary amides is 1. The van der Waals surface area contributed by atoms with Crippen molar-refractivity contribution in [3.05, 3.63) is 12.2 Å². The molecular formula is C9H11N3O5. The van der Waals surface area contributed by atoms with Gasteiger partial charge in [0.05, 0.1) is 0 Å². The molecule has 0 bridgehead atoms. The van der Waals surface area contributed by atoms with E-state index in [1.165, 1.54) is 0 Å². The van der Waals surface area contributed by atoms with Crippen LogP contribution in [-0.2, 0) is 14.4 Å². The highest BCUT2D eigenvalue weighted by Crippen LogP contribution is 2.03. The van der Waals surface area contributed by atoms with Crippen LogP contribution in [0.15, 0.2) is 12.2 Å². The van der Waals surface area contributed by atoms with Gasteiger partial charge < -0.3 is 15.7 Å². The zero-order valence-corrected chi connectivity index (χ0v) is 8.83. The van der Waals surface area contributed by atoms with E-state index in [-0.39, 0.29) is 13.1 Å². The number of nitrogens with zero attached hydrogens (tertiary/aromatic N) is 2. The minimum absolute atomic E-state index is 0.0825. The first-order valence-corrected chi connectivity index (χ1v) is 4.71. The first-order chi connectivity index (χ1) is 7.91. The van der Waals surface area contributed by atoms with Gasteiger partial charge in [-0.2, -0.15) is 0 Å². The maximum atomic E-state index is 11.2. The normalized spacial score (nSPS) is 14.2. The van der Waals surface area contributed by atoms with Crippen LogP contribution in [0.1, 0.15) is 0 Å². The summed E-state index contributed by atoms with van der Waals surface area (Å²) < 4.78 is 0. The molecule has 0 saturated carbocycles. The van der Waals surface area contributed by atoms with Gasteiger partial charge in [0.1, 0.15) is 6.54 Å². The molecule has 8 heteroatoms.